The number of ketones is 1. The highest BCUT2D eigenvalue weighted by atomic mass is 16.5. The van der Waals surface area contributed by atoms with Crippen LogP contribution >= 0.6 is 0 Å². The molecule has 0 aliphatic carbocycles. The van der Waals surface area contributed by atoms with Gasteiger partial charge in [0.05, 0.1) is 18.7 Å². The molecule has 0 spiro atoms. The molecule has 1 N–H and O–H groups in total. The minimum Gasteiger partial charge on any atom is -0.507 e. The number of rotatable bonds is 7. The van der Waals surface area contributed by atoms with Crippen LogP contribution < -0.4 is 4.74 Å². The van der Waals surface area contributed by atoms with Crippen molar-refractivity contribution in [2.75, 3.05) is 13.7 Å². The fourth-order valence-electron chi connectivity index (χ4n) is 4.13. The minimum absolute atomic E-state index is 0.134. The summed E-state index contributed by atoms with van der Waals surface area (Å²) in [6, 6.07) is 11.0. The van der Waals surface area contributed by atoms with Gasteiger partial charge in [0.15, 0.2) is 0 Å². The summed E-state index contributed by atoms with van der Waals surface area (Å²) in [5, 5.41) is 11.3. The molecule has 1 amide bonds. The van der Waals surface area contributed by atoms with Crippen LogP contribution in [0.1, 0.15) is 60.5 Å². The standard InChI is InChI=1S/C26H31NO4/c1-6-8-13-27-23(19-11-9-18(7-2)10-12-19)22(25(29)26(27)30)24(28)20-14-17(4)21(31-5)15-16(20)3/h9-12,14-15,23,28H,6-8,13H2,1-5H3/b24-22+. The summed E-state index contributed by atoms with van der Waals surface area (Å²) in [6.45, 7) is 8.34. The van der Waals surface area contributed by atoms with E-state index in [1.807, 2.05) is 51.1 Å². The first-order valence-electron chi connectivity index (χ1n) is 10.9. The summed E-state index contributed by atoms with van der Waals surface area (Å²) in [6.07, 6.45) is 2.60. The van der Waals surface area contributed by atoms with Crippen LogP contribution in [0.2, 0.25) is 0 Å². The first kappa shape index (κ1) is 22.6. The van der Waals surface area contributed by atoms with Gasteiger partial charge >= 0.3 is 0 Å². The van der Waals surface area contributed by atoms with E-state index in [-0.39, 0.29) is 11.3 Å². The van der Waals surface area contributed by atoms with Crippen LogP contribution in [0, 0.1) is 13.8 Å². The summed E-state index contributed by atoms with van der Waals surface area (Å²) in [5.41, 5.74) is 4.33. The Balaban J connectivity index is 2.19. The fraction of sp³-hybridized carbons (Fsp3) is 0.385. The second-order valence-electron chi connectivity index (χ2n) is 8.08. The number of benzene rings is 2. The van der Waals surface area contributed by atoms with E-state index in [2.05, 4.69) is 6.92 Å². The number of aryl methyl sites for hydroxylation is 3. The molecule has 1 aliphatic heterocycles. The molecule has 1 atom stereocenters. The number of ether oxygens (including phenoxy) is 1. The maximum absolute atomic E-state index is 13.1. The van der Waals surface area contributed by atoms with E-state index < -0.39 is 17.7 Å². The molecule has 164 valence electrons. The molecule has 2 aromatic rings. The van der Waals surface area contributed by atoms with Gasteiger partial charge in [0.2, 0.25) is 0 Å². The average Bonchev–Trinajstić information content (AvgIpc) is 3.03. The van der Waals surface area contributed by atoms with Crippen LogP contribution in [0.3, 0.4) is 0 Å². The molecule has 1 heterocycles. The second kappa shape index (κ2) is 9.38. The molecule has 0 aromatic heterocycles. The molecular weight excluding hydrogens is 390 g/mol. The highest BCUT2D eigenvalue weighted by Crippen LogP contribution is 2.40. The Hall–Kier alpha value is -3.08. The van der Waals surface area contributed by atoms with Crippen LogP contribution in [-0.4, -0.2) is 35.4 Å². The number of methoxy groups -OCH3 is 1. The molecule has 1 aliphatic rings. The number of aliphatic hydroxyl groups is 1. The predicted molar refractivity (Wildman–Crippen MR) is 122 cm³/mol. The second-order valence-corrected chi connectivity index (χ2v) is 8.08. The molecule has 1 unspecified atom stereocenters. The molecule has 1 saturated heterocycles. The number of Topliss-reactive ketones (excluding diaryl/α,β-unsaturated/α-hetero) is 1. The predicted octanol–water partition coefficient (Wildman–Crippen LogP) is 5.10. The van der Waals surface area contributed by atoms with Crippen LogP contribution in [-0.2, 0) is 16.0 Å². The number of likely N-dealkylation sites (tertiary alicyclic amines) is 1. The third-order valence-electron chi connectivity index (χ3n) is 5.99. The van der Waals surface area contributed by atoms with Crippen molar-refractivity contribution in [1.29, 1.82) is 0 Å². The number of nitrogens with zero attached hydrogens (tertiary/aromatic N) is 1. The fourth-order valence-corrected chi connectivity index (χ4v) is 4.13. The number of carbonyl (C=O) groups excluding carboxylic acids is 2. The van der Waals surface area contributed by atoms with Crippen LogP contribution in [0.5, 0.6) is 5.75 Å². The highest BCUT2D eigenvalue weighted by molar-refractivity contribution is 6.46. The normalized spacial score (nSPS) is 18.0. The maximum atomic E-state index is 13.1. The molecule has 2 aromatic carbocycles. The lowest BCUT2D eigenvalue weighted by atomic mass is 9.92. The van der Waals surface area contributed by atoms with Crippen molar-refractivity contribution in [2.45, 2.75) is 53.0 Å². The number of hydrogen-bond donors (Lipinski definition) is 1. The Morgan fingerprint density at radius 1 is 1.06 bits per heavy atom. The molecule has 0 bridgehead atoms. The van der Waals surface area contributed by atoms with Crippen molar-refractivity contribution in [3.05, 3.63) is 69.8 Å². The lowest BCUT2D eigenvalue weighted by Gasteiger charge is -2.25. The van der Waals surface area contributed by atoms with Gasteiger partial charge in [-0.2, -0.15) is 0 Å². The van der Waals surface area contributed by atoms with Gasteiger partial charge in [-0.25, -0.2) is 0 Å². The summed E-state index contributed by atoms with van der Waals surface area (Å²) in [7, 11) is 1.60. The lowest BCUT2D eigenvalue weighted by molar-refractivity contribution is -0.139. The quantitative estimate of drug-likeness (QED) is 0.384. The lowest BCUT2D eigenvalue weighted by Crippen LogP contribution is -2.30. The zero-order valence-electron chi connectivity index (χ0n) is 19.0. The number of amides is 1. The van der Waals surface area contributed by atoms with E-state index in [1.165, 1.54) is 5.56 Å². The van der Waals surface area contributed by atoms with E-state index >= 15 is 0 Å². The summed E-state index contributed by atoms with van der Waals surface area (Å²) < 4.78 is 5.37. The summed E-state index contributed by atoms with van der Waals surface area (Å²) >= 11 is 0. The van der Waals surface area contributed by atoms with E-state index in [4.69, 9.17) is 4.74 Å². The third-order valence-corrected chi connectivity index (χ3v) is 5.99. The Bertz CT molecular complexity index is 1020. The summed E-state index contributed by atoms with van der Waals surface area (Å²) in [5.74, 6) is -0.609. The Morgan fingerprint density at radius 3 is 2.32 bits per heavy atom. The zero-order chi connectivity index (χ0) is 22.7. The topological polar surface area (TPSA) is 66.8 Å². The number of unbranched alkanes of at least 4 members (excludes halogenated alkanes) is 1. The van der Waals surface area contributed by atoms with Gasteiger partial charge in [-0.05, 0) is 61.1 Å². The van der Waals surface area contributed by atoms with Crippen molar-refractivity contribution in [1.82, 2.24) is 4.90 Å². The first-order chi connectivity index (χ1) is 14.8. The van der Waals surface area contributed by atoms with E-state index in [0.29, 0.717) is 17.9 Å². The SMILES string of the molecule is CCCCN1C(=O)C(=O)/C(=C(/O)c2cc(C)c(OC)cc2C)C1c1ccc(CC)cc1. The van der Waals surface area contributed by atoms with Crippen LogP contribution in [0.15, 0.2) is 42.0 Å². The van der Waals surface area contributed by atoms with E-state index in [9.17, 15) is 14.7 Å². The smallest absolute Gasteiger partial charge is 0.295 e. The number of carbonyl (C=O) groups is 2. The molecular formula is C26H31NO4. The molecule has 5 nitrogen and oxygen atoms in total. The summed E-state index contributed by atoms with van der Waals surface area (Å²) in [4.78, 5) is 27.6. The monoisotopic (exact) mass is 421 g/mol. The van der Waals surface area contributed by atoms with Crippen molar-refractivity contribution in [2.24, 2.45) is 0 Å². The van der Waals surface area contributed by atoms with Gasteiger partial charge in [0, 0.05) is 12.1 Å². The highest BCUT2D eigenvalue weighted by Gasteiger charge is 2.45. The molecule has 31 heavy (non-hydrogen) atoms. The van der Waals surface area contributed by atoms with Gasteiger partial charge < -0.3 is 14.7 Å². The van der Waals surface area contributed by atoms with Gasteiger partial charge in [-0.1, -0.05) is 44.5 Å². The Morgan fingerprint density at radius 2 is 1.74 bits per heavy atom. The van der Waals surface area contributed by atoms with Crippen LogP contribution in [0.4, 0.5) is 0 Å². The third kappa shape index (κ3) is 4.22. The number of hydrogen-bond acceptors (Lipinski definition) is 4. The largest absolute Gasteiger partial charge is 0.507 e. The van der Waals surface area contributed by atoms with Crippen molar-refractivity contribution >= 4 is 17.4 Å². The van der Waals surface area contributed by atoms with Gasteiger partial charge in [-0.3, -0.25) is 9.59 Å². The maximum Gasteiger partial charge on any atom is 0.295 e. The number of aliphatic hydroxyl groups excluding tert-OH is 1. The molecule has 0 saturated carbocycles. The van der Waals surface area contributed by atoms with Gasteiger partial charge in [0.25, 0.3) is 11.7 Å². The molecule has 3 rings (SSSR count). The minimum atomic E-state index is -0.633. The van der Waals surface area contributed by atoms with Gasteiger partial charge in [-0.15, -0.1) is 0 Å². The van der Waals surface area contributed by atoms with Crippen molar-refractivity contribution < 1.29 is 19.4 Å². The Labute approximate surface area is 184 Å². The van der Waals surface area contributed by atoms with Crippen molar-refractivity contribution in [3.8, 4) is 5.75 Å². The molecule has 5 heteroatoms. The Kier molecular flexibility index (Phi) is 6.84. The van der Waals surface area contributed by atoms with Crippen LogP contribution in [0.25, 0.3) is 5.76 Å². The van der Waals surface area contributed by atoms with Gasteiger partial charge in [0.1, 0.15) is 11.5 Å². The molecule has 0 radical (unpaired) electrons. The first-order valence-corrected chi connectivity index (χ1v) is 10.9. The van der Waals surface area contributed by atoms with E-state index in [0.717, 1.165) is 36.0 Å². The van der Waals surface area contributed by atoms with Crippen molar-refractivity contribution in [3.63, 3.8) is 0 Å². The average molecular weight is 422 g/mol. The molecule has 1 fully saturated rings. The zero-order valence-corrected chi connectivity index (χ0v) is 19.0. The van der Waals surface area contributed by atoms with E-state index in [1.54, 1.807) is 18.1 Å².